The summed E-state index contributed by atoms with van der Waals surface area (Å²) in [5.74, 6) is -0.448. The number of hydrogen-bond acceptors (Lipinski definition) is 5. The number of rotatable bonds is 6. The lowest BCUT2D eigenvalue weighted by Crippen LogP contribution is -2.45. The molecule has 0 saturated heterocycles. The third kappa shape index (κ3) is 6.27. The largest absolute Gasteiger partial charge is 0.444 e. The zero-order valence-corrected chi connectivity index (χ0v) is 17.2. The first-order valence-electron chi connectivity index (χ1n) is 9.17. The molecule has 0 aromatic carbocycles. The highest BCUT2D eigenvalue weighted by molar-refractivity contribution is 6.02. The Kier molecular flexibility index (Phi) is 8.28. The fourth-order valence-electron chi connectivity index (χ4n) is 2.64. The Morgan fingerprint density at radius 2 is 2.00 bits per heavy atom. The predicted octanol–water partition coefficient (Wildman–Crippen LogP) is 2.96. The molecule has 3 amide bonds. The van der Waals surface area contributed by atoms with E-state index in [1.807, 2.05) is 13.0 Å². The molecular weight excluding hydrogens is 346 g/mol. The Labute approximate surface area is 161 Å². The fraction of sp³-hybridized carbons (Fsp3) is 0.550. The minimum Gasteiger partial charge on any atom is -0.444 e. The van der Waals surface area contributed by atoms with Crippen LogP contribution in [0.25, 0.3) is 0 Å². The van der Waals surface area contributed by atoms with Gasteiger partial charge in [-0.25, -0.2) is 9.69 Å². The first-order valence-corrected chi connectivity index (χ1v) is 9.17. The van der Waals surface area contributed by atoms with Crippen LogP contribution in [0.5, 0.6) is 0 Å². The second-order valence-electron chi connectivity index (χ2n) is 7.16. The topological polar surface area (TPSA) is 79.0 Å². The number of imide groups is 1. The summed E-state index contributed by atoms with van der Waals surface area (Å²) in [5.41, 5.74) is 0.980. The van der Waals surface area contributed by atoms with Crippen LogP contribution in [0.15, 0.2) is 35.2 Å². The number of allylic oxidation sites excluding steroid dienone is 3. The van der Waals surface area contributed by atoms with Crippen LogP contribution >= 0.6 is 0 Å². The van der Waals surface area contributed by atoms with Gasteiger partial charge >= 0.3 is 6.09 Å². The van der Waals surface area contributed by atoms with E-state index in [9.17, 15) is 14.4 Å². The minimum absolute atomic E-state index is 0.0861. The van der Waals surface area contributed by atoms with Gasteiger partial charge in [-0.1, -0.05) is 19.1 Å². The average Bonchev–Trinajstić information content (AvgIpc) is 2.62. The summed E-state index contributed by atoms with van der Waals surface area (Å²) in [4.78, 5) is 39.6. The fourth-order valence-corrected chi connectivity index (χ4v) is 2.64. The van der Waals surface area contributed by atoms with Gasteiger partial charge in [0, 0.05) is 31.4 Å². The highest BCUT2D eigenvalue weighted by Gasteiger charge is 2.32. The van der Waals surface area contributed by atoms with Crippen LogP contribution in [0, 0.1) is 0 Å². The van der Waals surface area contributed by atoms with Gasteiger partial charge in [0.25, 0.3) is 5.91 Å². The summed E-state index contributed by atoms with van der Waals surface area (Å²) in [6.07, 6.45) is 6.62. The molecule has 0 unspecified atom stereocenters. The van der Waals surface area contributed by atoms with Gasteiger partial charge in [-0.2, -0.15) is 0 Å². The van der Waals surface area contributed by atoms with E-state index in [1.165, 1.54) is 4.90 Å². The van der Waals surface area contributed by atoms with Crippen molar-refractivity contribution in [2.24, 2.45) is 0 Å². The third-order valence-corrected chi connectivity index (χ3v) is 3.98. The zero-order chi connectivity index (χ0) is 20.6. The lowest BCUT2D eigenvalue weighted by molar-refractivity contribution is -0.133. The molecule has 7 nitrogen and oxygen atoms in total. The normalized spacial score (nSPS) is 15.8. The molecule has 0 bridgehead atoms. The van der Waals surface area contributed by atoms with Crippen LogP contribution in [0.1, 0.15) is 47.5 Å². The maximum absolute atomic E-state index is 13.1. The molecule has 150 valence electrons. The summed E-state index contributed by atoms with van der Waals surface area (Å²) >= 11 is 0. The number of nitrogens with zero attached hydrogens (tertiary/aromatic N) is 2. The van der Waals surface area contributed by atoms with Gasteiger partial charge in [0.05, 0.1) is 12.1 Å². The summed E-state index contributed by atoms with van der Waals surface area (Å²) in [6.45, 7) is 9.64. The quantitative estimate of drug-likeness (QED) is 0.569. The smallest absolute Gasteiger partial charge is 0.410 e. The lowest BCUT2D eigenvalue weighted by atomic mass is 10.0. The van der Waals surface area contributed by atoms with E-state index in [1.54, 1.807) is 46.9 Å². The molecule has 1 N–H and O–H groups in total. The monoisotopic (exact) mass is 377 g/mol. The Balaban J connectivity index is 3.12. The minimum atomic E-state index is -0.619. The van der Waals surface area contributed by atoms with Gasteiger partial charge in [-0.05, 0) is 40.2 Å². The van der Waals surface area contributed by atoms with Crippen molar-refractivity contribution in [1.82, 2.24) is 15.1 Å². The van der Waals surface area contributed by atoms with E-state index in [-0.39, 0.29) is 6.54 Å². The molecule has 0 aromatic heterocycles. The number of hydrogen-bond donors (Lipinski definition) is 1. The van der Waals surface area contributed by atoms with Crippen molar-refractivity contribution < 1.29 is 19.1 Å². The molecule has 1 aliphatic rings. The predicted molar refractivity (Wildman–Crippen MR) is 105 cm³/mol. The Morgan fingerprint density at radius 3 is 2.48 bits per heavy atom. The molecule has 0 saturated carbocycles. The molecule has 1 heterocycles. The Bertz CT molecular complexity index is 657. The van der Waals surface area contributed by atoms with Gasteiger partial charge < -0.3 is 15.0 Å². The number of amides is 3. The number of carbonyl (C=O) groups is 3. The van der Waals surface area contributed by atoms with Gasteiger partial charge in [0.15, 0.2) is 0 Å². The summed E-state index contributed by atoms with van der Waals surface area (Å²) in [5, 5.41) is 3.02. The molecule has 27 heavy (non-hydrogen) atoms. The van der Waals surface area contributed by atoms with Crippen LogP contribution in [-0.4, -0.2) is 53.9 Å². The van der Waals surface area contributed by atoms with Gasteiger partial charge in [0.1, 0.15) is 5.60 Å². The number of nitrogens with one attached hydrogen (secondary N) is 1. The Morgan fingerprint density at radius 1 is 1.33 bits per heavy atom. The molecule has 0 spiro atoms. The van der Waals surface area contributed by atoms with Gasteiger partial charge in [-0.3, -0.25) is 9.59 Å². The van der Waals surface area contributed by atoms with Gasteiger partial charge in [-0.15, -0.1) is 0 Å². The standard InChI is InChI=1S/C20H31N3O4/c1-7-9-10-15(8-2)23(14-24)18(25)16-13-22(12-11-17(16)21-6)19(26)27-20(3,4)5/h8-10,14,21H,7,11-13H2,1-6H3/b10-9-,15-8+. The second kappa shape index (κ2) is 9.94. The van der Waals surface area contributed by atoms with E-state index >= 15 is 0 Å². The summed E-state index contributed by atoms with van der Waals surface area (Å²) in [6, 6.07) is 0. The Hall–Kier alpha value is -2.57. The van der Waals surface area contributed by atoms with Gasteiger partial charge in [0.2, 0.25) is 6.41 Å². The van der Waals surface area contributed by atoms with Crippen LogP contribution in [0.3, 0.4) is 0 Å². The first kappa shape index (κ1) is 22.5. The zero-order valence-electron chi connectivity index (χ0n) is 17.2. The van der Waals surface area contributed by atoms with Crippen molar-refractivity contribution in [3.8, 4) is 0 Å². The van der Waals surface area contributed by atoms with Crippen LogP contribution in [-0.2, 0) is 14.3 Å². The molecule has 7 heteroatoms. The van der Waals surface area contributed by atoms with Crippen LogP contribution in [0.2, 0.25) is 0 Å². The molecule has 0 radical (unpaired) electrons. The molecule has 0 atom stereocenters. The third-order valence-electron chi connectivity index (χ3n) is 3.98. The highest BCUT2D eigenvalue weighted by Crippen LogP contribution is 2.22. The molecule has 0 fully saturated rings. The molecular formula is C20H31N3O4. The summed E-state index contributed by atoms with van der Waals surface area (Å²) < 4.78 is 5.41. The van der Waals surface area contributed by atoms with E-state index in [4.69, 9.17) is 4.74 Å². The first-order chi connectivity index (χ1) is 12.7. The highest BCUT2D eigenvalue weighted by atomic mass is 16.6. The van der Waals surface area contributed by atoms with Crippen molar-refractivity contribution in [2.45, 2.75) is 53.1 Å². The van der Waals surface area contributed by atoms with E-state index in [0.29, 0.717) is 30.6 Å². The number of ether oxygens (including phenoxy) is 1. The van der Waals surface area contributed by atoms with Crippen LogP contribution in [0.4, 0.5) is 4.79 Å². The number of carbonyl (C=O) groups excluding carboxylic acids is 3. The summed E-state index contributed by atoms with van der Waals surface area (Å²) in [7, 11) is 1.73. The average molecular weight is 377 g/mol. The van der Waals surface area contributed by atoms with E-state index in [2.05, 4.69) is 5.32 Å². The lowest BCUT2D eigenvalue weighted by Gasteiger charge is -2.33. The second-order valence-corrected chi connectivity index (χ2v) is 7.16. The SMILES string of the molecule is C/C=C(\C=C/CC)N(C=O)C(=O)C1=C(NC)CCN(C(=O)OC(C)(C)C)C1. The molecule has 0 aliphatic carbocycles. The van der Waals surface area contributed by atoms with E-state index < -0.39 is 17.6 Å². The van der Waals surface area contributed by atoms with Crippen molar-refractivity contribution in [3.63, 3.8) is 0 Å². The van der Waals surface area contributed by atoms with Crippen molar-refractivity contribution >= 4 is 18.4 Å². The molecule has 0 aromatic rings. The maximum Gasteiger partial charge on any atom is 0.410 e. The van der Waals surface area contributed by atoms with Crippen molar-refractivity contribution in [2.75, 3.05) is 20.1 Å². The van der Waals surface area contributed by atoms with E-state index in [0.717, 1.165) is 17.0 Å². The van der Waals surface area contributed by atoms with Crippen molar-refractivity contribution in [3.05, 3.63) is 35.2 Å². The van der Waals surface area contributed by atoms with Crippen LogP contribution < -0.4 is 5.32 Å². The maximum atomic E-state index is 13.1. The van der Waals surface area contributed by atoms with Crippen molar-refractivity contribution in [1.29, 1.82) is 0 Å². The molecule has 1 rings (SSSR count). The molecule has 1 aliphatic heterocycles.